The Morgan fingerprint density at radius 3 is 2.81 bits per heavy atom. The van der Waals surface area contributed by atoms with Crippen LogP contribution in [0.4, 0.5) is 0 Å². The zero-order valence-corrected chi connectivity index (χ0v) is 12.8. The van der Waals surface area contributed by atoms with Crippen molar-refractivity contribution in [1.82, 2.24) is 5.32 Å². The molecule has 1 rings (SSSR count). The lowest BCUT2D eigenvalue weighted by atomic mass is 10.2. The van der Waals surface area contributed by atoms with Crippen molar-refractivity contribution in [1.29, 1.82) is 0 Å². The van der Waals surface area contributed by atoms with Crippen LogP contribution >= 0.6 is 43.2 Å². The molecule has 2 N–H and O–H groups in total. The van der Waals surface area contributed by atoms with Gasteiger partial charge in [-0.25, -0.2) is 0 Å². The molecule has 90 valence electrons. The Balaban J connectivity index is 2.41. The molecule has 0 radical (unpaired) electrons. The Hall–Kier alpha value is 0.0900. The summed E-state index contributed by atoms with van der Waals surface area (Å²) >= 11 is 8.05. The fourth-order valence-electron chi connectivity index (χ4n) is 1.10. The normalized spacial score (nSPS) is 12.5. The van der Waals surface area contributed by atoms with Gasteiger partial charge in [0.25, 0.3) is 5.91 Å². The first-order chi connectivity index (χ1) is 7.54. The molecule has 6 heteroatoms. The number of aliphatic hydroxyl groups is 1. The quantitative estimate of drug-likeness (QED) is 0.836. The maximum atomic E-state index is 11.7. The predicted molar refractivity (Wildman–Crippen MR) is 73.0 cm³/mol. The molecule has 1 heterocycles. The molecule has 0 saturated carbocycles. The Labute approximate surface area is 116 Å². The SMILES string of the molecule is CCC(O)CCNC(=O)c1cc(Br)c(Br)s1. The molecule has 0 spiro atoms. The summed E-state index contributed by atoms with van der Waals surface area (Å²) in [4.78, 5) is 12.3. The predicted octanol–water partition coefficient (Wildman–Crippen LogP) is 3.16. The third-order valence-electron chi connectivity index (χ3n) is 2.10. The van der Waals surface area contributed by atoms with E-state index in [4.69, 9.17) is 0 Å². The average molecular weight is 371 g/mol. The molecule has 1 amide bonds. The molecule has 3 nitrogen and oxygen atoms in total. The molecular weight excluding hydrogens is 358 g/mol. The maximum Gasteiger partial charge on any atom is 0.261 e. The van der Waals surface area contributed by atoms with Gasteiger partial charge in [-0.1, -0.05) is 6.92 Å². The van der Waals surface area contributed by atoms with Crippen molar-refractivity contribution < 1.29 is 9.90 Å². The number of carbonyl (C=O) groups is 1. The van der Waals surface area contributed by atoms with Gasteiger partial charge < -0.3 is 10.4 Å². The first kappa shape index (κ1) is 14.2. The smallest absolute Gasteiger partial charge is 0.261 e. The molecule has 1 aromatic rings. The lowest BCUT2D eigenvalue weighted by molar-refractivity contribution is 0.0946. The minimum atomic E-state index is -0.331. The van der Waals surface area contributed by atoms with Crippen LogP contribution in [-0.2, 0) is 0 Å². The van der Waals surface area contributed by atoms with Gasteiger partial charge in [-0.3, -0.25) is 4.79 Å². The van der Waals surface area contributed by atoms with E-state index in [0.717, 1.165) is 8.26 Å². The van der Waals surface area contributed by atoms with Gasteiger partial charge in [0.1, 0.15) is 0 Å². The molecule has 0 fully saturated rings. The molecule has 0 aliphatic carbocycles. The zero-order valence-electron chi connectivity index (χ0n) is 8.80. The fraction of sp³-hybridized carbons (Fsp3) is 0.500. The van der Waals surface area contributed by atoms with Crippen LogP contribution in [0.1, 0.15) is 29.4 Å². The number of thiophene rings is 1. The van der Waals surface area contributed by atoms with E-state index in [1.807, 2.05) is 6.92 Å². The molecule has 16 heavy (non-hydrogen) atoms. The molecule has 0 aromatic carbocycles. The second-order valence-electron chi connectivity index (χ2n) is 3.34. The lowest BCUT2D eigenvalue weighted by Crippen LogP contribution is -2.26. The van der Waals surface area contributed by atoms with E-state index in [-0.39, 0.29) is 12.0 Å². The van der Waals surface area contributed by atoms with Gasteiger partial charge in [0.15, 0.2) is 0 Å². The highest BCUT2D eigenvalue weighted by atomic mass is 79.9. The van der Waals surface area contributed by atoms with E-state index in [2.05, 4.69) is 37.2 Å². The summed E-state index contributed by atoms with van der Waals surface area (Å²) in [7, 11) is 0. The number of rotatable bonds is 5. The molecule has 1 atom stereocenters. The second-order valence-corrected chi connectivity index (χ2v) is 6.56. The highest BCUT2D eigenvalue weighted by Gasteiger charge is 2.11. The molecule has 0 aliphatic rings. The summed E-state index contributed by atoms with van der Waals surface area (Å²) < 4.78 is 1.79. The molecule has 1 unspecified atom stereocenters. The van der Waals surface area contributed by atoms with Gasteiger partial charge in [0.05, 0.1) is 14.8 Å². The summed E-state index contributed by atoms with van der Waals surface area (Å²) in [6.45, 7) is 2.42. The van der Waals surface area contributed by atoms with Crippen LogP contribution < -0.4 is 5.32 Å². The lowest BCUT2D eigenvalue weighted by Gasteiger charge is -2.07. The van der Waals surface area contributed by atoms with Gasteiger partial charge in [0.2, 0.25) is 0 Å². The van der Waals surface area contributed by atoms with E-state index >= 15 is 0 Å². The monoisotopic (exact) mass is 369 g/mol. The van der Waals surface area contributed by atoms with Crippen molar-refractivity contribution in [2.75, 3.05) is 6.54 Å². The second kappa shape index (κ2) is 6.74. The molecule has 1 aromatic heterocycles. The summed E-state index contributed by atoms with van der Waals surface area (Å²) in [6, 6.07) is 1.78. The van der Waals surface area contributed by atoms with Crippen molar-refractivity contribution in [2.45, 2.75) is 25.9 Å². The minimum Gasteiger partial charge on any atom is -0.393 e. The summed E-state index contributed by atoms with van der Waals surface area (Å²) in [5.74, 6) is -0.0975. The first-order valence-corrected chi connectivity index (χ1v) is 7.36. The van der Waals surface area contributed by atoms with E-state index in [1.165, 1.54) is 11.3 Å². The highest BCUT2D eigenvalue weighted by molar-refractivity contribution is 9.13. The van der Waals surface area contributed by atoms with Crippen molar-refractivity contribution >= 4 is 49.1 Å². The van der Waals surface area contributed by atoms with Crippen LogP contribution in [0.2, 0.25) is 0 Å². The van der Waals surface area contributed by atoms with E-state index in [1.54, 1.807) is 6.07 Å². The van der Waals surface area contributed by atoms with Crippen LogP contribution in [0.25, 0.3) is 0 Å². The van der Waals surface area contributed by atoms with Crippen molar-refractivity contribution in [3.8, 4) is 0 Å². The van der Waals surface area contributed by atoms with Gasteiger partial charge in [0, 0.05) is 11.0 Å². The van der Waals surface area contributed by atoms with Crippen LogP contribution in [0, 0.1) is 0 Å². The number of amides is 1. The Morgan fingerprint density at radius 1 is 1.62 bits per heavy atom. The number of carbonyl (C=O) groups excluding carboxylic acids is 1. The molecule has 0 aliphatic heterocycles. The number of nitrogens with one attached hydrogen (secondary N) is 1. The third-order valence-corrected chi connectivity index (χ3v) is 5.36. The van der Waals surface area contributed by atoms with Crippen LogP contribution in [0.5, 0.6) is 0 Å². The Bertz CT molecular complexity index is 348. The summed E-state index contributed by atoms with van der Waals surface area (Å²) in [5.41, 5.74) is 0. The van der Waals surface area contributed by atoms with E-state index in [0.29, 0.717) is 24.3 Å². The molecule has 0 saturated heterocycles. The Kier molecular flexibility index (Phi) is 5.96. The van der Waals surface area contributed by atoms with Crippen LogP contribution in [0.3, 0.4) is 0 Å². The number of hydrogen-bond acceptors (Lipinski definition) is 3. The fourth-order valence-corrected chi connectivity index (χ4v) is 3.05. The molecular formula is C10H13Br2NO2S. The maximum absolute atomic E-state index is 11.7. The largest absolute Gasteiger partial charge is 0.393 e. The third kappa shape index (κ3) is 4.16. The highest BCUT2D eigenvalue weighted by Crippen LogP contribution is 2.32. The zero-order chi connectivity index (χ0) is 12.1. The Morgan fingerprint density at radius 2 is 2.31 bits per heavy atom. The number of hydrogen-bond donors (Lipinski definition) is 2. The van der Waals surface area contributed by atoms with Gasteiger partial charge in [-0.2, -0.15) is 0 Å². The molecule has 0 bridgehead atoms. The van der Waals surface area contributed by atoms with Gasteiger partial charge in [-0.05, 0) is 50.8 Å². The first-order valence-electron chi connectivity index (χ1n) is 4.95. The van der Waals surface area contributed by atoms with E-state index in [9.17, 15) is 9.90 Å². The minimum absolute atomic E-state index is 0.0975. The van der Waals surface area contributed by atoms with Crippen molar-refractivity contribution in [3.05, 3.63) is 19.2 Å². The van der Waals surface area contributed by atoms with Crippen molar-refractivity contribution in [3.63, 3.8) is 0 Å². The number of aliphatic hydroxyl groups excluding tert-OH is 1. The van der Waals surface area contributed by atoms with Crippen LogP contribution in [-0.4, -0.2) is 23.7 Å². The topological polar surface area (TPSA) is 49.3 Å². The van der Waals surface area contributed by atoms with Crippen molar-refractivity contribution in [2.24, 2.45) is 0 Å². The van der Waals surface area contributed by atoms with Gasteiger partial charge in [-0.15, -0.1) is 11.3 Å². The average Bonchev–Trinajstić information content (AvgIpc) is 2.59. The van der Waals surface area contributed by atoms with Gasteiger partial charge >= 0.3 is 0 Å². The number of halogens is 2. The summed E-state index contributed by atoms with van der Waals surface area (Å²) in [5, 5.41) is 12.1. The summed E-state index contributed by atoms with van der Waals surface area (Å²) in [6.07, 6.45) is 0.976. The van der Waals surface area contributed by atoms with Crippen LogP contribution in [0.15, 0.2) is 14.3 Å². The van der Waals surface area contributed by atoms with E-state index < -0.39 is 0 Å². The standard InChI is InChI=1S/C10H13Br2NO2S/c1-2-6(14)3-4-13-10(15)8-5-7(11)9(12)16-8/h5-6,14H,2-4H2,1H3,(H,13,15).